The number of allylic oxidation sites excluding steroid dienone is 5. The third-order valence-corrected chi connectivity index (χ3v) is 3.58. The first kappa shape index (κ1) is 21.5. The fraction of sp³-hybridized carbons (Fsp3) is 0.650. The van der Waals surface area contributed by atoms with E-state index in [1.165, 1.54) is 70.5 Å². The molecule has 0 amide bonds. The van der Waals surface area contributed by atoms with E-state index in [1.54, 1.807) is 6.08 Å². The SMILES string of the molecule is CCCCCCCCCCCCC=CC=CC=COCC(=O)O. The molecule has 0 aromatic rings. The molecule has 0 atom stereocenters. The highest BCUT2D eigenvalue weighted by Crippen LogP contribution is 2.11. The van der Waals surface area contributed by atoms with E-state index in [0.717, 1.165) is 6.42 Å². The largest absolute Gasteiger partial charge is 0.490 e. The highest BCUT2D eigenvalue weighted by atomic mass is 16.5. The van der Waals surface area contributed by atoms with Gasteiger partial charge in [-0.1, -0.05) is 89.0 Å². The van der Waals surface area contributed by atoms with E-state index in [2.05, 4.69) is 13.0 Å². The van der Waals surface area contributed by atoms with Gasteiger partial charge in [-0.15, -0.1) is 0 Å². The molecule has 0 saturated heterocycles. The van der Waals surface area contributed by atoms with Crippen molar-refractivity contribution in [1.82, 2.24) is 0 Å². The number of rotatable bonds is 16. The molecule has 0 heterocycles. The average Bonchev–Trinajstić information content (AvgIpc) is 2.53. The van der Waals surface area contributed by atoms with Crippen LogP contribution in [0.1, 0.15) is 77.6 Å². The van der Waals surface area contributed by atoms with Crippen molar-refractivity contribution in [2.24, 2.45) is 0 Å². The topological polar surface area (TPSA) is 46.5 Å². The molecular weight excluding hydrogens is 288 g/mol. The van der Waals surface area contributed by atoms with Crippen LogP contribution in [0.15, 0.2) is 36.6 Å². The highest BCUT2D eigenvalue weighted by Gasteiger charge is 1.92. The summed E-state index contributed by atoms with van der Waals surface area (Å²) in [5.41, 5.74) is 0. The molecule has 0 aliphatic heterocycles. The first-order valence-corrected chi connectivity index (χ1v) is 9.09. The summed E-state index contributed by atoms with van der Waals surface area (Å²) in [5.74, 6) is -0.963. The summed E-state index contributed by atoms with van der Waals surface area (Å²) in [6.45, 7) is 1.97. The van der Waals surface area contributed by atoms with Crippen LogP contribution in [0.4, 0.5) is 0 Å². The molecular formula is C20H34O3. The third-order valence-electron chi connectivity index (χ3n) is 3.58. The minimum Gasteiger partial charge on any atom is -0.490 e. The minimum absolute atomic E-state index is 0.293. The van der Waals surface area contributed by atoms with E-state index in [-0.39, 0.29) is 6.61 Å². The molecule has 0 saturated carbocycles. The lowest BCUT2D eigenvalue weighted by Crippen LogP contribution is -2.02. The van der Waals surface area contributed by atoms with Gasteiger partial charge in [0.1, 0.15) is 0 Å². The minimum atomic E-state index is -0.963. The number of hydrogen-bond acceptors (Lipinski definition) is 2. The number of carboxylic acid groups (broad SMARTS) is 1. The van der Waals surface area contributed by atoms with Crippen molar-refractivity contribution >= 4 is 5.97 Å². The van der Waals surface area contributed by atoms with Crippen molar-refractivity contribution in [3.63, 3.8) is 0 Å². The number of hydrogen-bond donors (Lipinski definition) is 1. The molecule has 23 heavy (non-hydrogen) atoms. The monoisotopic (exact) mass is 322 g/mol. The fourth-order valence-corrected chi connectivity index (χ4v) is 2.27. The maximum absolute atomic E-state index is 10.2. The molecule has 0 aromatic heterocycles. The van der Waals surface area contributed by atoms with Crippen molar-refractivity contribution < 1.29 is 14.6 Å². The molecule has 0 bridgehead atoms. The Hall–Kier alpha value is -1.51. The maximum Gasteiger partial charge on any atom is 0.341 e. The molecule has 0 unspecified atom stereocenters. The van der Waals surface area contributed by atoms with Crippen molar-refractivity contribution in [2.45, 2.75) is 77.6 Å². The summed E-state index contributed by atoms with van der Waals surface area (Å²) in [7, 11) is 0. The normalized spacial score (nSPS) is 11.9. The average molecular weight is 322 g/mol. The van der Waals surface area contributed by atoms with E-state index in [4.69, 9.17) is 9.84 Å². The predicted octanol–water partition coefficient (Wildman–Crippen LogP) is 6.02. The molecule has 0 fully saturated rings. The van der Waals surface area contributed by atoms with E-state index in [9.17, 15) is 4.79 Å². The van der Waals surface area contributed by atoms with Gasteiger partial charge in [-0.25, -0.2) is 4.79 Å². The zero-order valence-electron chi connectivity index (χ0n) is 14.7. The number of unbranched alkanes of at least 4 members (excludes halogenated alkanes) is 10. The van der Waals surface area contributed by atoms with Crippen molar-refractivity contribution in [2.75, 3.05) is 6.61 Å². The Kier molecular flexibility index (Phi) is 17.3. The van der Waals surface area contributed by atoms with Crippen molar-refractivity contribution in [3.8, 4) is 0 Å². The Bertz CT molecular complexity index is 343. The molecule has 132 valence electrons. The zero-order valence-corrected chi connectivity index (χ0v) is 14.7. The number of ether oxygens (including phenoxy) is 1. The molecule has 0 aliphatic carbocycles. The lowest BCUT2D eigenvalue weighted by atomic mass is 10.1. The first-order valence-electron chi connectivity index (χ1n) is 9.09. The van der Waals surface area contributed by atoms with Crippen LogP contribution in [-0.4, -0.2) is 17.7 Å². The summed E-state index contributed by atoms with van der Waals surface area (Å²) in [6.07, 6.45) is 25.9. The van der Waals surface area contributed by atoms with Crippen LogP contribution in [0.5, 0.6) is 0 Å². The van der Waals surface area contributed by atoms with Gasteiger partial charge in [-0.3, -0.25) is 0 Å². The summed E-state index contributed by atoms with van der Waals surface area (Å²) in [6, 6.07) is 0. The Labute approximate surface area is 142 Å². The van der Waals surface area contributed by atoms with Crippen LogP contribution in [-0.2, 0) is 9.53 Å². The Morgan fingerprint density at radius 3 is 2.00 bits per heavy atom. The number of carbonyl (C=O) groups is 1. The summed E-state index contributed by atoms with van der Waals surface area (Å²) in [4.78, 5) is 10.2. The second kappa shape index (κ2) is 18.5. The molecule has 1 N–H and O–H groups in total. The molecule has 3 heteroatoms. The smallest absolute Gasteiger partial charge is 0.341 e. The fourth-order valence-electron chi connectivity index (χ4n) is 2.27. The highest BCUT2D eigenvalue weighted by molar-refractivity contribution is 5.68. The maximum atomic E-state index is 10.2. The van der Waals surface area contributed by atoms with Gasteiger partial charge in [0.2, 0.25) is 0 Å². The van der Waals surface area contributed by atoms with Gasteiger partial charge in [0.05, 0.1) is 6.26 Å². The number of carboxylic acids is 1. The van der Waals surface area contributed by atoms with E-state index in [1.807, 2.05) is 18.2 Å². The molecule has 0 aliphatic rings. The van der Waals surface area contributed by atoms with Gasteiger partial charge in [0.15, 0.2) is 6.61 Å². The summed E-state index contributed by atoms with van der Waals surface area (Å²) in [5, 5.41) is 8.36. The van der Waals surface area contributed by atoms with Crippen LogP contribution in [0.3, 0.4) is 0 Å². The van der Waals surface area contributed by atoms with Crippen molar-refractivity contribution in [1.29, 1.82) is 0 Å². The Morgan fingerprint density at radius 2 is 1.39 bits per heavy atom. The van der Waals surface area contributed by atoms with Gasteiger partial charge >= 0.3 is 5.97 Å². The van der Waals surface area contributed by atoms with Gasteiger partial charge in [0.25, 0.3) is 0 Å². The quantitative estimate of drug-likeness (QED) is 0.214. The van der Waals surface area contributed by atoms with Gasteiger partial charge < -0.3 is 9.84 Å². The van der Waals surface area contributed by atoms with Crippen LogP contribution in [0.25, 0.3) is 0 Å². The predicted molar refractivity (Wildman–Crippen MR) is 97.5 cm³/mol. The Balaban J connectivity index is 3.26. The van der Waals surface area contributed by atoms with Crippen LogP contribution in [0, 0.1) is 0 Å². The standard InChI is InChI=1S/C20H34O3/c1-2-3-4-5-6-7-8-9-10-11-12-13-14-15-16-17-18-23-19-20(21)22/h13-18H,2-12,19H2,1H3,(H,21,22). The summed E-state index contributed by atoms with van der Waals surface area (Å²) < 4.78 is 4.76. The second-order valence-electron chi connectivity index (χ2n) is 5.82. The summed E-state index contributed by atoms with van der Waals surface area (Å²) >= 11 is 0. The molecule has 0 aromatic carbocycles. The van der Waals surface area contributed by atoms with Gasteiger partial charge in [-0.05, 0) is 18.9 Å². The van der Waals surface area contributed by atoms with Crippen LogP contribution < -0.4 is 0 Å². The van der Waals surface area contributed by atoms with Crippen molar-refractivity contribution in [3.05, 3.63) is 36.6 Å². The van der Waals surface area contributed by atoms with E-state index >= 15 is 0 Å². The van der Waals surface area contributed by atoms with Gasteiger partial charge in [-0.2, -0.15) is 0 Å². The molecule has 3 nitrogen and oxygen atoms in total. The lowest BCUT2D eigenvalue weighted by molar-refractivity contribution is -0.140. The third kappa shape index (κ3) is 20.5. The molecule has 0 radical (unpaired) electrons. The molecule has 0 rings (SSSR count). The lowest BCUT2D eigenvalue weighted by Gasteiger charge is -2.01. The van der Waals surface area contributed by atoms with E-state index < -0.39 is 5.97 Å². The Morgan fingerprint density at radius 1 is 0.826 bits per heavy atom. The van der Waals surface area contributed by atoms with Crippen LogP contribution in [0.2, 0.25) is 0 Å². The molecule has 0 spiro atoms. The number of aliphatic carboxylic acids is 1. The van der Waals surface area contributed by atoms with Gasteiger partial charge in [0, 0.05) is 0 Å². The zero-order chi connectivity index (χ0) is 17.0. The van der Waals surface area contributed by atoms with Crippen LogP contribution >= 0.6 is 0 Å². The first-order chi connectivity index (χ1) is 11.3. The second-order valence-corrected chi connectivity index (χ2v) is 5.82. The van der Waals surface area contributed by atoms with E-state index in [0.29, 0.717) is 0 Å².